The highest BCUT2D eigenvalue weighted by Crippen LogP contribution is 2.18. The van der Waals surface area contributed by atoms with Crippen LogP contribution in [0.15, 0.2) is 11.0 Å². The summed E-state index contributed by atoms with van der Waals surface area (Å²) in [4.78, 5) is 33.9. The Bertz CT molecular complexity index is 678. The Morgan fingerprint density at radius 1 is 1.56 bits per heavy atom. The first-order valence-corrected chi connectivity index (χ1v) is 5.36. The van der Waals surface area contributed by atoms with Crippen LogP contribution in [-0.4, -0.2) is 27.5 Å². The molecule has 0 fully saturated rings. The van der Waals surface area contributed by atoms with E-state index in [1.807, 2.05) is 0 Å². The Balaban J connectivity index is 2.73. The number of nitrogens with one attached hydrogen (secondary N) is 1. The first kappa shape index (κ1) is 12.0. The topological polar surface area (TPSA) is 111 Å². The van der Waals surface area contributed by atoms with Crippen LogP contribution in [0.3, 0.4) is 0 Å². The molecule has 0 spiro atoms. The standard InChI is InChI=1S/C11H12N4O3/c1-3-18-11(17)7-8(12)6-4-13-5(2)14-9(6)15-10(7)16/h4H,3H2,1-2H3,(H3,12,13,14,15,16). The molecule has 0 aliphatic heterocycles. The zero-order valence-electron chi connectivity index (χ0n) is 9.98. The first-order chi connectivity index (χ1) is 8.54. The van der Waals surface area contributed by atoms with Gasteiger partial charge in [-0.15, -0.1) is 0 Å². The molecular weight excluding hydrogens is 236 g/mol. The summed E-state index contributed by atoms with van der Waals surface area (Å²) in [5, 5.41) is 0.420. The van der Waals surface area contributed by atoms with Gasteiger partial charge < -0.3 is 15.5 Å². The highest BCUT2D eigenvalue weighted by Gasteiger charge is 2.19. The van der Waals surface area contributed by atoms with Gasteiger partial charge in [0.25, 0.3) is 5.56 Å². The van der Waals surface area contributed by atoms with E-state index in [1.54, 1.807) is 13.8 Å². The minimum Gasteiger partial charge on any atom is -0.462 e. The third kappa shape index (κ3) is 1.90. The molecule has 0 aliphatic rings. The van der Waals surface area contributed by atoms with Crippen LogP contribution in [0.5, 0.6) is 0 Å². The summed E-state index contributed by atoms with van der Waals surface area (Å²) < 4.78 is 4.78. The van der Waals surface area contributed by atoms with Crippen molar-refractivity contribution in [1.82, 2.24) is 15.0 Å². The maximum atomic E-state index is 11.8. The van der Waals surface area contributed by atoms with Crippen LogP contribution in [0.2, 0.25) is 0 Å². The zero-order chi connectivity index (χ0) is 13.3. The maximum absolute atomic E-state index is 11.8. The van der Waals surface area contributed by atoms with Crippen LogP contribution in [-0.2, 0) is 4.74 Å². The number of nitrogen functional groups attached to an aromatic ring is 1. The van der Waals surface area contributed by atoms with Crippen molar-refractivity contribution in [3.05, 3.63) is 27.9 Å². The van der Waals surface area contributed by atoms with E-state index >= 15 is 0 Å². The van der Waals surface area contributed by atoms with Gasteiger partial charge in [-0.1, -0.05) is 0 Å². The number of fused-ring (bicyclic) bond motifs is 1. The molecule has 94 valence electrons. The number of ether oxygens (including phenoxy) is 1. The normalized spacial score (nSPS) is 10.6. The predicted molar refractivity (Wildman–Crippen MR) is 65.3 cm³/mol. The molecule has 7 heteroatoms. The second-order valence-corrected chi connectivity index (χ2v) is 3.64. The Morgan fingerprint density at radius 3 is 2.94 bits per heavy atom. The fourth-order valence-corrected chi connectivity index (χ4v) is 1.60. The highest BCUT2D eigenvalue weighted by atomic mass is 16.5. The summed E-state index contributed by atoms with van der Waals surface area (Å²) in [6.45, 7) is 3.50. The molecule has 0 amide bonds. The van der Waals surface area contributed by atoms with Crippen molar-refractivity contribution < 1.29 is 9.53 Å². The number of anilines is 1. The van der Waals surface area contributed by atoms with E-state index in [-0.39, 0.29) is 17.9 Å². The minimum absolute atomic E-state index is 0.0344. The lowest BCUT2D eigenvalue weighted by molar-refractivity contribution is 0.0526. The molecule has 0 aliphatic carbocycles. The van der Waals surface area contributed by atoms with Crippen molar-refractivity contribution in [1.29, 1.82) is 0 Å². The number of nitrogens with two attached hydrogens (primary N) is 1. The average Bonchev–Trinajstić information content (AvgIpc) is 2.28. The van der Waals surface area contributed by atoms with E-state index in [0.717, 1.165) is 0 Å². The van der Waals surface area contributed by atoms with Gasteiger partial charge in [0, 0.05) is 6.20 Å². The molecule has 0 bridgehead atoms. The Hall–Kier alpha value is -2.44. The zero-order valence-corrected chi connectivity index (χ0v) is 9.98. The number of aryl methyl sites for hydroxylation is 1. The summed E-state index contributed by atoms with van der Waals surface area (Å²) in [6, 6.07) is 0. The van der Waals surface area contributed by atoms with Crippen LogP contribution in [0.1, 0.15) is 23.1 Å². The number of hydrogen-bond donors (Lipinski definition) is 2. The van der Waals surface area contributed by atoms with E-state index in [2.05, 4.69) is 15.0 Å². The highest BCUT2D eigenvalue weighted by molar-refractivity contribution is 6.02. The van der Waals surface area contributed by atoms with Gasteiger partial charge in [0.15, 0.2) is 0 Å². The molecule has 2 aromatic heterocycles. The number of aromatic amines is 1. The van der Waals surface area contributed by atoms with Crippen LogP contribution < -0.4 is 11.3 Å². The molecule has 0 unspecified atom stereocenters. The van der Waals surface area contributed by atoms with Crippen molar-refractivity contribution >= 4 is 22.7 Å². The summed E-state index contributed by atoms with van der Waals surface area (Å²) in [7, 11) is 0. The minimum atomic E-state index is -0.751. The summed E-state index contributed by atoms with van der Waals surface area (Å²) >= 11 is 0. The number of nitrogens with zero attached hydrogens (tertiary/aromatic N) is 2. The maximum Gasteiger partial charge on any atom is 0.345 e. The van der Waals surface area contributed by atoms with Crippen molar-refractivity contribution in [2.24, 2.45) is 0 Å². The second-order valence-electron chi connectivity index (χ2n) is 3.64. The van der Waals surface area contributed by atoms with Gasteiger partial charge >= 0.3 is 5.97 Å². The molecule has 7 nitrogen and oxygen atoms in total. The van der Waals surface area contributed by atoms with Crippen LogP contribution in [0.4, 0.5) is 5.69 Å². The van der Waals surface area contributed by atoms with E-state index in [9.17, 15) is 9.59 Å². The van der Waals surface area contributed by atoms with Gasteiger partial charge in [0.2, 0.25) is 0 Å². The van der Waals surface area contributed by atoms with Gasteiger partial charge in [0.05, 0.1) is 17.7 Å². The van der Waals surface area contributed by atoms with Crippen LogP contribution in [0, 0.1) is 6.92 Å². The van der Waals surface area contributed by atoms with E-state index in [0.29, 0.717) is 16.9 Å². The third-order valence-corrected chi connectivity index (χ3v) is 2.41. The Labute approximate surface area is 102 Å². The van der Waals surface area contributed by atoms with Crippen molar-refractivity contribution in [2.75, 3.05) is 12.3 Å². The summed E-state index contributed by atoms with van der Waals surface area (Å²) in [6.07, 6.45) is 1.46. The molecule has 0 saturated heterocycles. The number of H-pyrrole nitrogens is 1. The fraction of sp³-hybridized carbons (Fsp3) is 0.273. The summed E-state index contributed by atoms with van der Waals surface area (Å²) in [5.74, 6) is -0.250. The molecule has 0 radical (unpaired) electrons. The molecule has 3 N–H and O–H groups in total. The molecule has 18 heavy (non-hydrogen) atoms. The molecule has 0 aromatic carbocycles. The molecule has 2 heterocycles. The largest absolute Gasteiger partial charge is 0.462 e. The number of pyridine rings is 1. The van der Waals surface area contributed by atoms with Gasteiger partial charge in [-0.25, -0.2) is 14.8 Å². The van der Waals surface area contributed by atoms with Gasteiger partial charge in [-0.2, -0.15) is 0 Å². The van der Waals surface area contributed by atoms with Crippen molar-refractivity contribution in [3.63, 3.8) is 0 Å². The molecule has 0 saturated carbocycles. The fourth-order valence-electron chi connectivity index (χ4n) is 1.60. The smallest absolute Gasteiger partial charge is 0.345 e. The Morgan fingerprint density at radius 2 is 2.28 bits per heavy atom. The second kappa shape index (κ2) is 4.44. The predicted octanol–water partition coefficient (Wildman–Crippen LogP) is 0.385. The van der Waals surface area contributed by atoms with Crippen LogP contribution >= 0.6 is 0 Å². The van der Waals surface area contributed by atoms with E-state index in [4.69, 9.17) is 10.5 Å². The SMILES string of the molecule is CCOC(=O)c1c(N)c2cnc(C)nc2[nH]c1=O. The molecule has 2 aromatic rings. The number of carbonyl (C=O) groups excluding carboxylic acids is 1. The number of carbonyl (C=O) groups is 1. The van der Waals surface area contributed by atoms with Crippen molar-refractivity contribution in [3.8, 4) is 0 Å². The van der Waals surface area contributed by atoms with Crippen LogP contribution in [0.25, 0.3) is 11.0 Å². The quantitative estimate of drug-likeness (QED) is 0.743. The van der Waals surface area contributed by atoms with Gasteiger partial charge in [-0.3, -0.25) is 4.79 Å². The monoisotopic (exact) mass is 248 g/mol. The van der Waals surface area contributed by atoms with Gasteiger partial charge in [-0.05, 0) is 13.8 Å². The summed E-state index contributed by atoms with van der Waals surface area (Å²) in [5.41, 5.74) is 5.31. The number of esters is 1. The molecule has 2 rings (SSSR count). The average molecular weight is 248 g/mol. The number of hydrogen-bond acceptors (Lipinski definition) is 6. The van der Waals surface area contributed by atoms with E-state index < -0.39 is 11.5 Å². The Kier molecular flexibility index (Phi) is 2.97. The number of rotatable bonds is 2. The van der Waals surface area contributed by atoms with Gasteiger partial charge in [0.1, 0.15) is 17.0 Å². The van der Waals surface area contributed by atoms with E-state index in [1.165, 1.54) is 6.20 Å². The molecule has 0 atom stereocenters. The number of aromatic nitrogens is 3. The third-order valence-electron chi connectivity index (χ3n) is 2.41. The van der Waals surface area contributed by atoms with Crippen molar-refractivity contribution in [2.45, 2.75) is 13.8 Å². The molecular formula is C11H12N4O3. The first-order valence-electron chi connectivity index (χ1n) is 5.36. The lowest BCUT2D eigenvalue weighted by Gasteiger charge is -2.07. The lowest BCUT2D eigenvalue weighted by Crippen LogP contribution is -2.22. The lowest BCUT2D eigenvalue weighted by atomic mass is 10.2.